The third-order valence-corrected chi connectivity index (χ3v) is 4.33. The summed E-state index contributed by atoms with van der Waals surface area (Å²) >= 11 is 6.23. The van der Waals surface area contributed by atoms with E-state index < -0.39 is 11.4 Å². The molecule has 138 valence electrons. The number of imidazole rings is 1. The summed E-state index contributed by atoms with van der Waals surface area (Å²) in [5.74, 6) is 0.297. The van der Waals surface area contributed by atoms with Crippen LogP contribution in [0.15, 0.2) is 18.3 Å². The van der Waals surface area contributed by atoms with E-state index >= 15 is 0 Å². The van der Waals surface area contributed by atoms with Gasteiger partial charge in [0, 0.05) is 18.7 Å². The number of hydrogen-bond acceptors (Lipinski definition) is 5. The molecule has 2 aromatic heterocycles. The summed E-state index contributed by atoms with van der Waals surface area (Å²) in [5, 5.41) is 13.6. The molecule has 0 aliphatic heterocycles. The van der Waals surface area contributed by atoms with Crippen molar-refractivity contribution in [2.45, 2.75) is 39.3 Å². The second-order valence-electron chi connectivity index (χ2n) is 6.92. The molecular weight excluding hydrogens is 357 g/mol. The fraction of sp³-hybridized carbons (Fsp3) is 0.389. The first-order valence-corrected chi connectivity index (χ1v) is 8.66. The van der Waals surface area contributed by atoms with Gasteiger partial charge in [-0.25, -0.2) is 19.3 Å². The smallest absolute Gasteiger partial charge is 0.223 e. The fourth-order valence-electron chi connectivity index (χ4n) is 2.93. The molecule has 0 unspecified atom stereocenters. The van der Waals surface area contributed by atoms with E-state index in [1.807, 2.05) is 18.4 Å². The Balaban J connectivity index is 2.33. The van der Waals surface area contributed by atoms with Crippen molar-refractivity contribution in [3.8, 4) is 11.3 Å². The van der Waals surface area contributed by atoms with Gasteiger partial charge < -0.3 is 15.0 Å². The van der Waals surface area contributed by atoms with E-state index in [0.29, 0.717) is 33.6 Å². The minimum absolute atomic E-state index is 0.0233. The van der Waals surface area contributed by atoms with Crippen LogP contribution < -0.4 is 5.32 Å². The van der Waals surface area contributed by atoms with E-state index in [1.54, 1.807) is 27.0 Å². The van der Waals surface area contributed by atoms with Crippen molar-refractivity contribution in [1.29, 1.82) is 0 Å². The Bertz CT molecular complexity index is 978. The van der Waals surface area contributed by atoms with Gasteiger partial charge in [-0.1, -0.05) is 11.6 Å². The van der Waals surface area contributed by atoms with E-state index in [2.05, 4.69) is 20.3 Å². The van der Waals surface area contributed by atoms with E-state index in [4.69, 9.17) is 11.6 Å². The van der Waals surface area contributed by atoms with Crippen molar-refractivity contribution in [3.05, 3.63) is 35.0 Å². The van der Waals surface area contributed by atoms with Crippen LogP contribution in [0.2, 0.25) is 5.02 Å². The maximum atomic E-state index is 14.8. The third kappa shape index (κ3) is 3.12. The molecule has 0 radical (unpaired) electrons. The standard InChI is InChI=1S/C18H21ClFN5O/c1-9(2)25-13-7-10(14-11(19)8-22-17(21-5)24-14)6-12(20)15(13)23-16(25)18(3,4)26/h6-9,26H,1-5H3,(H,21,22,24). The quantitative estimate of drug-likeness (QED) is 0.714. The lowest BCUT2D eigenvalue weighted by atomic mass is 10.1. The summed E-state index contributed by atoms with van der Waals surface area (Å²) in [6.07, 6.45) is 1.47. The molecule has 26 heavy (non-hydrogen) atoms. The number of nitrogens with one attached hydrogen (secondary N) is 1. The Morgan fingerprint density at radius 2 is 1.96 bits per heavy atom. The third-order valence-electron chi connectivity index (χ3n) is 4.05. The van der Waals surface area contributed by atoms with Crippen LogP contribution >= 0.6 is 11.6 Å². The van der Waals surface area contributed by atoms with E-state index in [9.17, 15) is 9.50 Å². The van der Waals surface area contributed by atoms with Gasteiger partial charge in [0.05, 0.1) is 22.4 Å². The molecule has 0 aliphatic carbocycles. The van der Waals surface area contributed by atoms with E-state index in [0.717, 1.165) is 0 Å². The van der Waals surface area contributed by atoms with Gasteiger partial charge >= 0.3 is 0 Å². The Kier molecular flexibility index (Phi) is 4.62. The molecule has 0 atom stereocenters. The molecule has 0 saturated heterocycles. The van der Waals surface area contributed by atoms with Crippen LogP contribution in [0.4, 0.5) is 10.3 Å². The largest absolute Gasteiger partial charge is 0.383 e. The van der Waals surface area contributed by atoms with Gasteiger partial charge in [-0.3, -0.25) is 0 Å². The molecule has 0 fully saturated rings. The highest BCUT2D eigenvalue weighted by Gasteiger charge is 2.28. The zero-order valence-corrected chi connectivity index (χ0v) is 16.1. The fourth-order valence-corrected chi connectivity index (χ4v) is 3.13. The monoisotopic (exact) mass is 377 g/mol. The van der Waals surface area contributed by atoms with Crippen molar-refractivity contribution in [1.82, 2.24) is 19.5 Å². The molecule has 1 aromatic carbocycles. The van der Waals surface area contributed by atoms with Gasteiger partial charge in [0.15, 0.2) is 5.82 Å². The molecule has 0 spiro atoms. The topological polar surface area (TPSA) is 75.9 Å². The maximum Gasteiger partial charge on any atom is 0.223 e. The summed E-state index contributed by atoms with van der Waals surface area (Å²) in [6, 6.07) is 3.11. The number of nitrogens with zero attached hydrogens (tertiary/aromatic N) is 4. The molecule has 3 rings (SSSR count). The molecule has 2 heterocycles. The Hall–Kier alpha value is -2.25. The highest BCUT2D eigenvalue weighted by atomic mass is 35.5. The first kappa shape index (κ1) is 18.5. The van der Waals surface area contributed by atoms with Crippen LogP contribution in [-0.4, -0.2) is 31.7 Å². The number of anilines is 1. The average molecular weight is 378 g/mol. The highest BCUT2D eigenvalue weighted by Crippen LogP contribution is 2.34. The molecule has 0 bridgehead atoms. The van der Waals surface area contributed by atoms with Gasteiger partial charge in [-0.15, -0.1) is 0 Å². The Morgan fingerprint density at radius 1 is 1.27 bits per heavy atom. The lowest BCUT2D eigenvalue weighted by Crippen LogP contribution is -2.23. The zero-order valence-electron chi connectivity index (χ0n) is 15.3. The number of halogens is 2. The lowest BCUT2D eigenvalue weighted by Gasteiger charge is -2.21. The lowest BCUT2D eigenvalue weighted by molar-refractivity contribution is 0.0641. The van der Waals surface area contributed by atoms with Crippen molar-refractivity contribution < 1.29 is 9.50 Å². The minimum atomic E-state index is -1.21. The van der Waals surface area contributed by atoms with Crippen LogP contribution in [0, 0.1) is 5.82 Å². The SMILES string of the molecule is CNc1ncc(Cl)c(-c2cc(F)c3nc(C(C)(C)O)n(C(C)C)c3c2)n1. The number of aliphatic hydroxyl groups is 1. The first-order chi connectivity index (χ1) is 12.1. The number of benzene rings is 1. The number of fused-ring (bicyclic) bond motifs is 1. The van der Waals surface area contributed by atoms with Crippen LogP contribution in [-0.2, 0) is 5.60 Å². The van der Waals surface area contributed by atoms with Gasteiger partial charge in [-0.05, 0) is 39.8 Å². The normalized spacial score (nSPS) is 12.2. The molecule has 8 heteroatoms. The first-order valence-electron chi connectivity index (χ1n) is 8.28. The van der Waals surface area contributed by atoms with Crippen LogP contribution in [0.25, 0.3) is 22.3 Å². The molecule has 0 amide bonds. The number of aromatic nitrogens is 4. The zero-order chi connectivity index (χ0) is 19.2. The summed E-state index contributed by atoms with van der Waals surface area (Å²) in [7, 11) is 1.69. The predicted octanol–water partition coefficient (Wildman–Crippen LogP) is 4.14. The Morgan fingerprint density at radius 3 is 2.54 bits per heavy atom. The van der Waals surface area contributed by atoms with Crippen LogP contribution in [0.5, 0.6) is 0 Å². The highest BCUT2D eigenvalue weighted by molar-refractivity contribution is 6.33. The number of rotatable bonds is 4. The number of hydrogen-bond donors (Lipinski definition) is 2. The second-order valence-corrected chi connectivity index (χ2v) is 7.33. The van der Waals surface area contributed by atoms with Crippen molar-refractivity contribution in [2.24, 2.45) is 0 Å². The minimum Gasteiger partial charge on any atom is -0.383 e. The van der Waals surface area contributed by atoms with Crippen molar-refractivity contribution in [2.75, 3.05) is 12.4 Å². The molecule has 3 aromatic rings. The molecule has 0 saturated carbocycles. The van der Waals surface area contributed by atoms with Crippen LogP contribution in [0.3, 0.4) is 0 Å². The molecule has 6 nitrogen and oxygen atoms in total. The van der Waals surface area contributed by atoms with E-state index in [1.165, 1.54) is 12.3 Å². The molecular formula is C18H21ClFN5O. The van der Waals surface area contributed by atoms with Gasteiger partial charge in [0.25, 0.3) is 0 Å². The average Bonchev–Trinajstić information content (AvgIpc) is 2.96. The summed E-state index contributed by atoms with van der Waals surface area (Å²) in [4.78, 5) is 12.7. The van der Waals surface area contributed by atoms with Gasteiger partial charge in [0.1, 0.15) is 16.9 Å². The van der Waals surface area contributed by atoms with Gasteiger partial charge in [-0.2, -0.15) is 0 Å². The van der Waals surface area contributed by atoms with Crippen molar-refractivity contribution in [3.63, 3.8) is 0 Å². The van der Waals surface area contributed by atoms with Gasteiger partial charge in [0.2, 0.25) is 5.95 Å². The summed E-state index contributed by atoms with van der Waals surface area (Å²) in [5.41, 5.74) is 0.518. The van der Waals surface area contributed by atoms with E-state index in [-0.39, 0.29) is 11.6 Å². The maximum absolute atomic E-state index is 14.8. The summed E-state index contributed by atoms with van der Waals surface area (Å²) in [6.45, 7) is 7.17. The molecule has 2 N–H and O–H groups in total. The summed E-state index contributed by atoms with van der Waals surface area (Å²) < 4.78 is 16.7. The Labute approximate surface area is 156 Å². The van der Waals surface area contributed by atoms with Crippen molar-refractivity contribution >= 4 is 28.6 Å². The second kappa shape index (κ2) is 6.48. The predicted molar refractivity (Wildman–Crippen MR) is 101 cm³/mol. The van der Waals surface area contributed by atoms with Crippen LogP contribution in [0.1, 0.15) is 39.6 Å². The molecule has 0 aliphatic rings.